The summed E-state index contributed by atoms with van der Waals surface area (Å²) in [6.07, 6.45) is 7.10. The molecule has 2 aromatic heterocycles. The van der Waals surface area contributed by atoms with Crippen LogP contribution in [-0.4, -0.2) is 52.2 Å². The third-order valence-corrected chi connectivity index (χ3v) is 4.99. The number of fused-ring (bicyclic) bond motifs is 1. The molecule has 150 valence electrons. The van der Waals surface area contributed by atoms with Crippen molar-refractivity contribution in [2.24, 2.45) is 0 Å². The van der Waals surface area contributed by atoms with Crippen molar-refractivity contribution >= 4 is 28.3 Å². The van der Waals surface area contributed by atoms with Gasteiger partial charge in [-0.05, 0) is 43.8 Å². The summed E-state index contributed by atoms with van der Waals surface area (Å²) in [4.78, 5) is 18.1. The summed E-state index contributed by atoms with van der Waals surface area (Å²) >= 11 is 0. The zero-order valence-electron chi connectivity index (χ0n) is 17.0. The molecule has 3 N–H and O–H groups in total. The average molecular weight is 390 g/mol. The molecule has 0 spiro atoms. The standard InChI is InChI=1S/C22H26N6O/c1-5-16-9-8-10-17(13-16)25-21-19-15(4)20(26-18(19)14-24-27-21)22(29)23-11-12-28(6-2)7-3/h1,8-10,13-14,26H,6-7,11-12H2,2-4H3,(H,23,29)(H,25,27). The molecule has 0 saturated heterocycles. The van der Waals surface area contributed by atoms with Crippen LogP contribution in [0.3, 0.4) is 0 Å². The first kappa shape index (κ1) is 20.4. The number of hydrogen-bond donors (Lipinski definition) is 3. The minimum Gasteiger partial charge on any atom is -0.349 e. The number of nitrogens with one attached hydrogen (secondary N) is 3. The Bertz CT molecular complexity index is 1050. The number of aromatic nitrogens is 3. The fraction of sp³-hybridized carbons (Fsp3) is 0.318. The predicted octanol–water partition coefficient (Wildman–Crippen LogP) is 3.06. The highest BCUT2D eigenvalue weighted by atomic mass is 16.1. The third-order valence-electron chi connectivity index (χ3n) is 4.99. The second-order valence-electron chi connectivity index (χ2n) is 6.74. The number of likely N-dealkylation sites (N-methyl/N-ethyl adjacent to an activating group) is 1. The Morgan fingerprint density at radius 2 is 2.10 bits per heavy atom. The molecule has 0 radical (unpaired) electrons. The molecule has 2 heterocycles. The van der Waals surface area contributed by atoms with Gasteiger partial charge in [0, 0.05) is 29.7 Å². The zero-order chi connectivity index (χ0) is 20.8. The Balaban J connectivity index is 1.83. The predicted molar refractivity (Wildman–Crippen MR) is 116 cm³/mol. The molecular formula is C22H26N6O. The second kappa shape index (κ2) is 9.22. The van der Waals surface area contributed by atoms with Gasteiger partial charge in [0.15, 0.2) is 5.82 Å². The minimum absolute atomic E-state index is 0.133. The van der Waals surface area contributed by atoms with Gasteiger partial charge in [0.05, 0.1) is 11.7 Å². The van der Waals surface area contributed by atoms with Crippen molar-refractivity contribution in [2.75, 3.05) is 31.5 Å². The van der Waals surface area contributed by atoms with Gasteiger partial charge in [-0.1, -0.05) is 25.8 Å². The number of nitrogens with zero attached hydrogens (tertiary/aromatic N) is 3. The normalized spacial score (nSPS) is 10.9. The Morgan fingerprint density at radius 1 is 1.31 bits per heavy atom. The fourth-order valence-corrected chi connectivity index (χ4v) is 3.31. The summed E-state index contributed by atoms with van der Waals surface area (Å²) in [5.74, 6) is 3.06. The molecule has 0 bridgehead atoms. The highest BCUT2D eigenvalue weighted by molar-refractivity contribution is 6.04. The van der Waals surface area contributed by atoms with E-state index in [9.17, 15) is 4.79 Å². The van der Waals surface area contributed by atoms with Gasteiger partial charge in [-0.2, -0.15) is 5.10 Å². The van der Waals surface area contributed by atoms with Crippen molar-refractivity contribution in [3.63, 3.8) is 0 Å². The molecular weight excluding hydrogens is 364 g/mol. The van der Waals surface area contributed by atoms with E-state index in [4.69, 9.17) is 6.42 Å². The number of H-pyrrole nitrogens is 1. The number of aryl methyl sites for hydroxylation is 1. The maximum absolute atomic E-state index is 12.7. The van der Waals surface area contributed by atoms with Crippen LogP contribution in [0.25, 0.3) is 10.9 Å². The Morgan fingerprint density at radius 3 is 2.83 bits per heavy atom. The van der Waals surface area contributed by atoms with Gasteiger partial charge < -0.3 is 20.5 Å². The number of anilines is 2. The molecule has 3 aromatic rings. The lowest BCUT2D eigenvalue weighted by Gasteiger charge is -2.17. The molecule has 0 unspecified atom stereocenters. The average Bonchev–Trinajstić information content (AvgIpc) is 3.09. The molecule has 0 aliphatic rings. The van der Waals surface area contributed by atoms with Crippen molar-refractivity contribution in [3.05, 3.63) is 47.3 Å². The molecule has 1 aromatic carbocycles. The van der Waals surface area contributed by atoms with E-state index >= 15 is 0 Å². The monoisotopic (exact) mass is 390 g/mol. The van der Waals surface area contributed by atoms with Crippen molar-refractivity contribution in [1.29, 1.82) is 0 Å². The third kappa shape index (κ3) is 4.55. The van der Waals surface area contributed by atoms with Crippen molar-refractivity contribution in [3.8, 4) is 12.3 Å². The highest BCUT2D eigenvalue weighted by Gasteiger charge is 2.18. The second-order valence-corrected chi connectivity index (χ2v) is 6.74. The number of amides is 1. The molecule has 0 atom stereocenters. The maximum Gasteiger partial charge on any atom is 0.268 e. The smallest absolute Gasteiger partial charge is 0.268 e. The molecule has 7 heteroatoms. The number of hydrogen-bond acceptors (Lipinski definition) is 5. The highest BCUT2D eigenvalue weighted by Crippen LogP contribution is 2.28. The van der Waals surface area contributed by atoms with E-state index < -0.39 is 0 Å². The van der Waals surface area contributed by atoms with E-state index in [1.54, 1.807) is 6.20 Å². The summed E-state index contributed by atoms with van der Waals surface area (Å²) in [5.41, 5.74) is 3.69. The number of benzene rings is 1. The molecule has 0 fully saturated rings. The number of rotatable bonds is 8. The van der Waals surface area contributed by atoms with Crippen LogP contribution < -0.4 is 10.6 Å². The summed E-state index contributed by atoms with van der Waals surface area (Å²) in [7, 11) is 0. The van der Waals surface area contributed by atoms with Gasteiger partial charge in [-0.15, -0.1) is 11.5 Å². The molecule has 0 saturated carbocycles. The van der Waals surface area contributed by atoms with Crippen LogP contribution in [0, 0.1) is 19.3 Å². The van der Waals surface area contributed by atoms with Gasteiger partial charge in [0.25, 0.3) is 5.91 Å². The topological polar surface area (TPSA) is 85.9 Å². The summed E-state index contributed by atoms with van der Waals surface area (Å²) < 4.78 is 0. The molecule has 29 heavy (non-hydrogen) atoms. The van der Waals surface area contributed by atoms with Gasteiger partial charge in [-0.3, -0.25) is 4.79 Å². The number of terminal acetylenes is 1. The zero-order valence-corrected chi connectivity index (χ0v) is 17.0. The van der Waals surface area contributed by atoms with Gasteiger partial charge in [-0.25, -0.2) is 0 Å². The Labute approximate surface area is 170 Å². The SMILES string of the molecule is C#Cc1cccc(Nc2nncc3[nH]c(C(=O)NCCN(CC)CC)c(C)c23)c1. The van der Waals surface area contributed by atoms with Gasteiger partial charge >= 0.3 is 0 Å². The van der Waals surface area contributed by atoms with Crippen LogP contribution in [0.15, 0.2) is 30.5 Å². The van der Waals surface area contributed by atoms with E-state index in [1.165, 1.54) is 0 Å². The quantitative estimate of drug-likeness (QED) is 0.515. The summed E-state index contributed by atoms with van der Waals surface area (Å²) in [5, 5.41) is 15.4. The fourth-order valence-electron chi connectivity index (χ4n) is 3.31. The van der Waals surface area contributed by atoms with E-state index in [1.807, 2.05) is 31.2 Å². The molecule has 0 aliphatic carbocycles. The number of carbonyl (C=O) groups is 1. The Hall–Kier alpha value is -3.37. The number of carbonyl (C=O) groups excluding carboxylic acids is 1. The van der Waals surface area contributed by atoms with E-state index in [0.717, 1.165) is 47.4 Å². The first-order valence-corrected chi connectivity index (χ1v) is 9.75. The minimum atomic E-state index is -0.133. The summed E-state index contributed by atoms with van der Waals surface area (Å²) in [6.45, 7) is 9.47. The lowest BCUT2D eigenvalue weighted by molar-refractivity contribution is 0.0944. The first-order chi connectivity index (χ1) is 14.1. The van der Waals surface area contributed by atoms with Crippen LogP contribution in [0.4, 0.5) is 11.5 Å². The summed E-state index contributed by atoms with van der Waals surface area (Å²) in [6, 6.07) is 7.51. The molecule has 0 aliphatic heterocycles. The Kier molecular flexibility index (Phi) is 6.47. The van der Waals surface area contributed by atoms with Gasteiger partial charge in [0.1, 0.15) is 5.69 Å². The lowest BCUT2D eigenvalue weighted by atomic mass is 10.1. The van der Waals surface area contributed by atoms with Crippen molar-refractivity contribution in [2.45, 2.75) is 20.8 Å². The van der Waals surface area contributed by atoms with E-state index in [-0.39, 0.29) is 5.91 Å². The van der Waals surface area contributed by atoms with Crippen LogP contribution in [0.5, 0.6) is 0 Å². The van der Waals surface area contributed by atoms with Crippen LogP contribution >= 0.6 is 0 Å². The maximum atomic E-state index is 12.7. The van der Waals surface area contributed by atoms with Crippen LogP contribution in [0.1, 0.15) is 35.5 Å². The van der Waals surface area contributed by atoms with Crippen molar-refractivity contribution < 1.29 is 4.79 Å². The van der Waals surface area contributed by atoms with Crippen LogP contribution in [0.2, 0.25) is 0 Å². The number of aromatic amines is 1. The molecule has 3 rings (SSSR count). The van der Waals surface area contributed by atoms with E-state index in [2.05, 4.69) is 50.5 Å². The molecule has 1 amide bonds. The molecule has 7 nitrogen and oxygen atoms in total. The van der Waals surface area contributed by atoms with E-state index in [0.29, 0.717) is 18.1 Å². The van der Waals surface area contributed by atoms with Crippen molar-refractivity contribution in [1.82, 2.24) is 25.4 Å². The largest absolute Gasteiger partial charge is 0.349 e. The lowest BCUT2D eigenvalue weighted by Crippen LogP contribution is -2.35. The van der Waals surface area contributed by atoms with Gasteiger partial charge in [0.2, 0.25) is 0 Å². The van der Waals surface area contributed by atoms with Crippen LogP contribution in [-0.2, 0) is 0 Å². The first-order valence-electron chi connectivity index (χ1n) is 9.75.